The Morgan fingerprint density at radius 2 is 1.90 bits per heavy atom. The van der Waals surface area contributed by atoms with Crippen molar-refractivity contribution in [1.82, 2.24) is 10.6 Å². The standard InChI is InChI=1S/C14H18N2O5/c17-13(18)2-1-5-15-14(19)16-9-10-3-4-11-12(8-10)21-7-6-20-11/h3-4,8H,1-2,5-7,9H2,(H,17,18)(H2,15,16,19). The van der Waals surface area contributed by atoms with Gasteiger partial charge in [-0.1, -0.05) is 6.07 Å². The van der Waals surface area contributed by atoms with Crippen molar-refractivity contribution in [2.24, 2.45) is 0 Å². The highest BCUT2D eigenvalue weighted by molar-refractivity contribution is 5.74. The second-order valence-corrected chi connectivity index (χ2v) is 4.58. The summed E-state index contributed by atoms with van der Waals surface area (Å²) in [5.74, 6) is 0.527. The van der Waals surface area contributed by atoms with Crippen LogP contribution in [0.15, 0.2) is 18.2 Å². The van der Waals surface area contributed by atoms with Gasteiger partial charge in [-0.05, 0) is 24.1 Å². The summed E-state index contributed by atoms with van der Waals surface area (Å²) in [5, 5.41) is 13.8. The molecule has 7 nitrogen and oxygen atoms in total. The van der Waals surface area contributed by atoms with E-state index in [9.17, 15) is 9.59 Å². The minimum atomic E-state index is -0.867. The topological polar surface area (TPSA) is 96.9 Å². The van der Waals surface area contributed by atoms with Crippen LogP contribution in [0.5, 0.6) is 11.5 Å². The molecule has 0 aromatic heterocycles. The molecule has 0 bridgehead atoms. The number of amides is 2. The highest BCUT2D eigenvalue weighted by Crippen LogP contribution is 2.30. The molecule has 2 rings (SSSR count). The summed E-state index contributed by atoms with van der Waals surface area (Å²) in [6, 6.07) is 5.18. The number of aliphatic carboxylic acids is 1. The van der Waals surface area contributed by atoms with Crippen LogP contribution in [0.4, 0.5) is 4.79 Å². The van der Waals surface area contributed by atoms with E-state index in [4.69, 9.17) is 14.6 Å². The number of carbonyl (C=O) groups excluding carboxylic acids is 1. The maximum atomic E-state index is 11.5. The van der Waals surface area contributed by atoms with E-state index in [0.29, 0.717) is 44.2 Å². The lowest BCUT2D eigenvalue weighted by molar-refractivity contribution is -0.137. The zero-order chi connectivity index (χ0) is 15.1. The quantitative estimate of drug-likeness (QED) is 0.683. The molecular weight excluding hydrogens is 276 g/mol. The number of hydrogen-bond acceptors (Lipinski definition) is 4. The third kappa shape index (κ3) is 4.87. The smallest absolute Gasteiger partial charge is 0.315 e. The molecule has 0 aliphatic carbocycles. The van der Waals surface area contributed by atoms with Crippen molar-refractivity contribution >= 4 is 12.0 Å². The lowest BCUT2D eigenvalue weighted by atomic mass is 10.2. The Hall–Kier alpha value is -2.44. The van der Waals surface area contributed by atoms with Crippen LogP contribution in [0.3, 0.4) is 0 Å². The number of carboxylic acids is 1. The van der Waals surface area contributed by atoms with Gasteiger partial charge in [0.25, 0.3) is 0 Å². The number of nitrogens with one attached hydrogen (secondary N) is 2. The van der Waals surface area contributed by atoms with Crippen LogP contribution in [0.1, 0.15) is 18.4 Å². The second kappa shape index (κ2) is 7.37. The van der Waals surface area contributed by atoms with E-state index in [1.54, 1.807) is 0 Å². The second-order valence-electron chi connectivity index (χ2n) is 4.58. The third-order valence-corrected chi connectivity index (χ3v) is 2.91. The van der Waals surface area contributed by atoms with Gasteiger partial charge in [0.2, 0.25) is 0 Å². The van der Waals surface area contributed by atoms with Crippen molar-refractivity contribution in [3.05, 3.63) is 23.8 Å². The summed E-state index contributed by atoms with van der Waals surface area (Å²) in [7, 11) is 0. The van der Waals surface area contributed by atoms with Crippen molar-refractivity contribution in [3.8, 4) is 11.5 Å². The fraction of sp³-hybridized carbons (Fsp3) is 0.429. The average molecular weight is 294 g/mol. The van der Waals surface area contributed by atoms with Gasteiger partial charge >= 0.3 is 12.0 Å². The third-order valence-electron chi connectivity index (χ3n) is 2.91. The molecule has 1 aromatic rings. The number of benzene rings is 1. The van der Waals surface area contributed by atoms with E-state index in [0.717, 1.165) is 5.56 Å². The monoisotopic (exact) mass is 294 g/mol. The summed E-state index contributed by atoms with van der Waals surface area (Å²) in [6.45, 7) is 1.76. The number of fused-ring (bicyclic) bond motifs is 1. The van der Waals surface area contributed by atoms with Gasteiger partial charge in [-0.3, -0.25) is 4.79 Å². The molecule has 0 atom stereocenters. The van der Waals surface area contributed by atoms with Gasteiger partial charge in [-0.2, -0.15) is 0 Å². The molecule has 1 aliphatic rings. The van der Waals surface area contributed by atoms with Gasteiger partial charge in [0.05, 0.1) is 0 Å². The SMILES string of the molecule is O=C(O)CCCNC(=O)NCc1ccc2c(c1)OCCO2. The molecule has 114 valence electrons. The summed E-state index contributed by atoms with van der Waals surface area (Å²) < 4.78 is 10.9. The molecule has 0 fully saturated rings. The van der Waals surface area contributed by atoms with Gasteiger partial charge < -0.3 is 25.2 Å². The van der Waals surface area contributed by atoms with Gasteiger partial charge in [0, 0.05) is 19.5 Å². The van der Waals surface area contributed by atoms with Gasteiger partial charge in [-0.25, -0.2) is 4.79 Å². The molecule has 2 amide bonds. The zero-order valence-electron chi connectivity index (χ0n) is 11.6. The molecule has 1 heterocycles. The Labute approximate surface area is 122 Å². The Kier molecular flexibility index (Phi) is 5.25. The van der Waals surface area contributed by atoms with Crippen molar-refractivity contribution in [1.29, 1.82) is 0 Å². The van der Waals surface area contributed by atoms with Crippen LogP contribution in [-0.4, -0.2) is 36.9 Å². The van der Waals surface area contributed by atoms with E-state index in [-0.39, 0.29) is 12.5 Å². The molecule has 0 saturated heterocycles. The first-order valence-corrected chi connectivity index (χ1v) is 6.77. The normalized spacial score (nSPS) is 12.6. The fourth-order valence-electron chi connectivity index (χ4n) is 1.88. The number of hydrogen-bond donors (Lipinski definition) is 3. The van der Waals surface area contributed by atoms with Gasteiger partial charge in [0.15, 0.2) is 11.5 Å². The predicted octanol–water partition coefficient (Wildman–Crippen LogP) is 1.12. The molecule has 1 aliphatic heterocycles. The summed E-state index contributed by atoms with van der Waals surface area (Å²) >= 11 is 0. The van der Waals surface area contributed by atoms with E-state index in [1.807, 2.05) is 18.2 Å². The summed E-state index contributed by atoms with van der Waals surface area (Å²) in [4.78, 5) is 21.8. The maximum absolute atomic E-state index is 11.5. The molecule has 0 radical (unpaired) electrons. The number of rotatable bonds is 6. The maximum Gasteiger partial charge on any atom is 0.315 e. The molecule has 21 heavy (non-hydrogen) atoms. The number of carboxylic acid groups (broad SMARTS) is 1. The minimum absolute atomic E-state index is 0.0441. The largest absolute Gasteiger partial charge is 0.486 e. The van der Waals surface area contributed by atoms with Crippen LogP contribution < -0.4 is 20.1 Å². The highest BCUT2D eigenvalue weighted by Gasteiger charge is 2.11. The van der Waals surface area contributed by atoms with Crippen LogP contribution in [-0.2, 0) is 11.3 Å². The molecule has 0 spiro atoms. The minimum Gasteiger partial charge on any atom is -0.486 e. The highest BCUT2D eigenvalue weighted by atomic mass is 16.6. The van der Waals surface area contributed by atoms with E-state index >= 15 is 0 Å². The number of ether oxygens (including phenoxy) is 2. The molecule has 3 N–H and O–H groups in total. The number of urea groups is 1. The van der Waals surface area contributed by atoms with Crippen LogP contribution in [0, 0.1) is 0 Å². The molecular formula is C14H18N2O5. The fourth-order valence-corrected chi connectivity index (χ4v) is 1.88. The summed E-state index contributed by atoms with van der Waals surface area (Å²) in [6.07, 6.45) is 0.454. The molecule has 0 saturated carbocycles. The number of carbonyl (C=O) groups is 2. The summed E-state index contributed by atoms with van der Waals surface area (Å²) in [5.41, 5.74) is 0.903. The van der Waals surface area contributed by atoms with Crippen molar-refractivity contribution in [2.75, 3.05) is 19.8 Å². The first-order valence-electron chi connectivity index (χ1n) is 6.77. The Balaban J connectivity index is 1.72. The Bertz CT molecular complexity index is 518. The first kappa shape index (κ1) is 15.0. The average Bonchev–Trinajstić information content (AvgIpc) is 2.49. The Morgan fingerprint density at radius 3 is 2.67 bits per heavy atom. The zero-order valence-corrected chi connectivity index (χ0v) is 11.6. The molecule has 1 aromatic carbocycles. The molecule has 7 heteroatoms. The van der Waals surface area contributed by atoms with Crippen LogP contribution in [0.25, 0.3) is 0 Å². The van der Waals surface area contributed by atoms with Gasteiger partial charge in [-0.15, -0.1) is 0 Å². The van der Waals surface area contributed by atoms with E-state index in [2.05, 4.69) is 10.6 Å². The van der Waals surface area contributed by atoms with E-state index in [1.165, 1.54) is 0 Å². The van der Waals surface area contributed by atoms with Crippen molar-refractivity contribution < 1.29 is 24.2 Å². The molecule has 0 unspecified atom stereocenters. The predicted molar refractivity (Wildman–Crippen MR) is 74.5 cm³/mol. The lowest BCUT2D eigenvalue weighted by Crippen LogP contribution is -2.35. The van der Waals surface area contributed by atoms with Crippen molar-refractivity contribution in [2.45, 2.75) is 19.4 Å². The van der Waals surface area contributed by atoms with Crippen LogP contribution in [0.2, 0.25) is 0 Å². The first-order chi connectivity index (χ1) is 10.1. The van der Waals surface area contributed by atoms with E-state index < -0.39 is 5.97 Å². The van der Waals surface area contributed by atoms with Gasteiger partial charge in [0.1, 0.15) is 13.2 Å². The van der Waals surface area contributed by atoms with Crippen molar-refractivity contribution in [3.63, 3.8) is 0 Å². The lowest BCUT2D eigenvalue weighted by Gasteiger charge is -2.19. The van der Waals surface area contributed by atoms with Crippen LogP contribution >= 0.6 is 0 Å². The Morgan fingerprint density at radius 1 is 1.14 bits per heavy atom.